The summed E-state index contributed by atoms with van der Waals surface area (Å²) in [4.78, 5) is 3.59. The number of hydrogen-bond donors (Lipinski definition) is 0. The number of aromatic nitrogens is 1. The summed E-state index contributed by atoms with van der Waals surface area (Å²) in [6.07, 6.45) is 1.22. The van der Waals surface area contributed by atoms with Crippen LogP contribution in [0, 0.1) is 5.82 Å². The Kier molecular flexibility index (Phi) is 4.83. The lowest BCUT2D eigenvalue weighted by Crippen LogP contribution is -2.28. The summed E-state index contributed by atoms with van der Waals surface area (Å²) in [6.45, 7) is -0.0439. The van der Waals surface area contributed by atoms with E-state index >= 15 is 0 Å². The van der Waals surface area contributed by atoms with Gasteiger partial charge in [0, 0.05) is 19.8 Å². The van der Waals surface area contributed by atoms with Gasteiger partial charge in [0.1, 0.15) is 0 Å². The van der Waals surface area contributed by atoms with Crippen LogP contribution in [0.3, 0.4) is 0 Å². The lowest BCUT2D eigenvalue weighted by Gasteiger charge is -2.17. The molecule has 1 heterocycles. The molecule has 0 aliphatic carbocycles. The fraction of sp³-hybridized carbons (Fsp3) is 0.154. The molecule has 1 aromatic heterocycles. The van der Waals surface area contributed by atoms with Gasteiger partial charge in [-0.3, -0.25) is 0 Å². The lowest BCUT2D eigenvalue weighted by atomic mass is 10.2. The minimum atomic E-state index is -4.05. The minimum absolute atomic E-state index is 0.0439. The zero-order valence-electron chi connectivity index (χ0n) is 10.9. The minimum Gasteiger partial charge on any atom is -0.241 e. The number of rotatable bonds is 4. The van der Waals surface area contributed by atoms with Gasteiger partial charge in [0.05, 0.1) is 10.0 Å². The van der Waals surface area contributed by atoms with Crippen molar-refractivity contribution >= 4 is 33.2 Å². The number of nitrogens with zero attached hydrogens (tertiary/aromatic N) is 2. The van der Waals surface area contributed by atoms with Gasteiger partial charge in [-0.25, -0.2) is 17.8 Å². The second kappa shape index (κ2) is 6.27. The lowest BCUT2D eigenvalue weighted by molar-refractivity contribution is 0.455. The summed E-state index contributed by atoms with van der Waals surface area (Å²) in [5.41, 5.74) is 0.520. The first-order valence-electron chi connectivity index (χ1n) is 5.84. The molecule has 0 radical (unpaired) electrons. The van der Waals surface area contributed by atoms with Gasteiger partial charge in [0.2, 0.25) is 5.03 Å². The molecule has 0 atom stereocenters. The first-order chi connectivity index (χ1) is 9.84. The summed E-state index contributed by atoms with van der Waals surface area (Å²) in [5.74, 6) is -0.901. The third-order valence-corrected chi connectivity index (χ3v) is 5.40. The summed E-state index contributed by atoms with van der Waals surface area (Å²) in [7, 11) is -2.73. The van der Waals surface area contributed by atoms with Gasteiger partial charge in [-0.1, -0.05) is 35.3 Å². The SMILES string of the molecule is CN(Cc1cccc(Cl)c1Cl)S(=O)(=O)c1ncccc1F. The molecule has 0 spiro atoms. The van der Waals surface area contributed by atoms with E-state index in [-0.39, 0.29) is 11.6 Å². The van der Waals surface area contributed by atoms with Crippen molar-refractivity contribution < 1.29 is 12.8 Å². The molecule has 0 unspecified atom stereocenters. The second-order valence-corrected chi connectivity index (χ2v) is 7.01. The standard InChI is InChI=1S/C13H11Cl2FN2O2S/c1-18(8-9-4-2-5-10(14)12(9)15)21(19,20)13-11(16)6-3-7-17-13/h2-7H,8H2,1H3. The number of hydrogen-bond acceptors (Lipinski definition) is 3. The average Bonchev–Trinajstić information content (AvgIpc) is 2.44. The van der Waals surface area contributed by atoms with Crippen LogP contribution < -0.4 is 0 Å². The molecule has 0 amide bonds. The predicted molar refractivity (Wildman–Crippen MR) is 79.3 cm³/mol. The number of sulfonamides is 1. The summed E-state index contributed by atoms with van der Waals surface area (Å²) in [5, 5.41) is -0.0302. The van der Waals surface area contributed by atoms with Crippen LogP contribution in [0.15, 0.2) is 41.6 Å². The molecule has 112 valence electrons. The zero-order valence-corrected chi connectivity index (χ0v) is 13.3. The molecule has 4 nitrogen and oxygen atoms in total. The van der Waals surface area contributed by atoms with E-state index in [0.29, 0.717) is 10.6 Å². The van der Waals surface area contributed by atoms with E-state index in [2.05, 4.69) is 4.98 Å². The first kappa shape index (κ1) is 16.2. The third kappa shape index (κ3) is 3.35. The van der Waals surface area contributed by atoms with Gasteiger partial charge < -0.3 is 0 Å². The van der Waals surface area contributed by atoms with Gasteiger partial charge in [-0.15, -0.1) is 0 Å². The molecule has 0 aliphatic rings. The molecule has 0 saturated carbocycles. The van der Waals surface area contributed by atoms with Gasteiger partial charge in [-0.2, -0.15) is 4.31 Å². The van der Waals surface area contributed by atoms with Crippen molar-refractivity contribution in [3.8, 4) is 0 Å². The monoisotopic (exact) mass is 348 g/mol. The molecule has 2 aromatic rings. The van der Waals surface area contributed by atoms with Crippen LogP contribution in [0.2, 0.25) is 10.0 Å². The number of pyridine rings is 1. The highest BCUT2D eigenvalue weighted by atomic mass is 35.5. The highest BCUT2D eigenvalue weighted by Crippen LogP contribution is 2.27. The van der Waals surface area contributed by atoms with Gasteiger partial charge >= 0.3 is 0 Å². The van der Waals surface area contributed by atoms with E-state index in [9.17, 15) is 12.8 Å². The number of benzene rings is 1. The van der Waals surface area contributed by atoms with Crippen molar-refractivity contribution in [2.75, 3.05) is 7.05 Å². The van der Waals surface area contributed by atoms with E-state index < -0.39 is 20.9 Å². The Bertz CT molecular complexity index is 769. The molecule has 2 rings (SSSR count). The van der Waals surface area contributed by atoms with Crippen LogP contribution in [-0.2, 0) is 16.6 Å². The van der Waals surface area contributed by atoms with Crippen molar-refractivity contribution in [2.45, 2.75) is 11.6 Å². The molecule has 0 saturated heterocycles. The fourth-order valence-corrected chi connectivity index (χ4v) is 3.20. The molecule has 0 aliphatic heterocycles. The van der Waals surface area contributed by atoms with Gasteiger partial charge in [-0.05, 0) is 23.8 Å². The molecule has 0 bridgehead atoms. The van der Waals surface area contributed by atoms with Crippen LogP contribution in [0.5, 0.6) is 0 Å². The molecular weight excluding hydrogens is 338 g/mol. The topological polar surface area (TPSA) is 50.3 Å². The first-order valence-corrected chi connectivity index (χ1v) is 8.03. The molecule has 0 fully saturated rings. The normalized spacial score (nSPS) is 11.9. The predicted octanol–water partition coefficient (Wildman–Crippen LogP) is 3.35. The van der Waals surface area contributed by atoms with Crippen molar-refractivity contribution in [1.82, 2.24) is 9.29 Å². The van der Waals surface area contributed by atoms with Gasteiger partial charge in [0.15, 0.2) is 5.82 Å². The largest absolute Gasteiger partial charge is 0.263 e. The molecule has 0 N–H and O–H groups in total. The second-order valence-electron chi connectivity index (χ2n) is 4.26. The fourth-order valence-electron chi connectivity index (χ4n) is 1.70. The highest BCUT2D eigenvalue weighted by Gasteiger charge is 2.26. The Morgan fingerprint density at radius 1 is 1.24 bits per heavy atom. The maximum atomic E-state index is 13.6. The molecule has 1 aromatic carbocycles. The summed E-state index contributed by atoms with van der Waals surface area (Å²) >= 11 is 11.9. The van der Waals surface area contributed by atoms with Crippen LogP contribution >= 0.6 is 23.2 Å². The Balaban J connectivity index is 2.34. The van der Waals surface area contributed by atoms with Crippen molar-refractivity contribution in [3.63, 3.8) is 0 Å². The number of halogens is 3. The molecule has 8 heteroatoms. The Morgan fingerprint density at radius 3 is 2.62 bits per heavy atom. The zero-order chi connectivity index (χ0) is 15.6. The average molecular weight is 349 g/mol. The van der Waals surface area contributed by atoms with Gasteiger partial charge in [0.25, 0.3) is 10.0 Å². The van der Waals surface area contributed by atoms with Crippen LogP contribution in [0.1, 0.15) is 5.56 Å². The van der Waals surface area contributed by atoms with E-state index in [0.717, 1.165) is 10.4 Å². The van der Waals surface area contributed by atoms with E-state index in [1.807, 2.05) is 0 Å². The smallest absolute Gasteiger partial charge is 0.241 e. The van der Waals surface area contributed by atoms with Crippen molar-refractivity contribution in [1.29, 1.82) is 0 Å². The highest BCUT2D eigenvalue weighted by molar-refractivity contribution is 7.89. The maximum Gasteiger partial charge on any atom is 0.263 e. The third-order valence-electron chi connectivity index (χ3n) is 2.80. The maximum absolute atomic E-state index is 13.6. The van der Waals surface area contributed by atoms with E-state index in [1.54, 1.807) is 18.2 Å². The Labute approximate surface area is 132 Å². The quantitative estimate of drug-likeness (QED) is 0.851. The molecular formula is C13H11Cl2FN2O2S. The Morgan fingerprint density at radius 2 is 1.95 bits per heavy atom. The van der Waals surface area contributed by atoms with Crippen LogP contribution in [0.4, 0.5) is 4.39 Å². The Hall–Kier alpha value is -1.21. The van der Waals surface area contributed by atoms with Crippen LogP contribution in [0.25, 0.3) is 0 Å². The van der Waals surface area contributed by atoms with Crippen LogP contribution in [-0.4, -0.2) is 24.8 Å². The van der Waals surface area contributed by atoms with Crippen molar-refractivity contribution in [3.05, 3.63) is 58.0 Å². The summed E-state index contributed by atoms with van der Waals surface area (Å²) < 4.78 is 39.2. The molecule has 21 heavy (non-hydrogen) atoms. The summed E-state index contributed by atoms with van der Waals surface area (Å²) in [6, 6.07) is 7.27. The van der Waals surface area contributed by atoms with E-state index in [1.165, 1.54) is 19.3 Å². The van der Waals surface area contributed by atoms with Crippen molar-refractivity contribution in [2.24, 2.45) is 0 Å². The van der Waals surface area contributed by atoms with E-state index in [4.69, 9.17) is 23.2 Å².